The van der Waals surface area contributed by atoms with E-state index in [9.17, 15) is 4.39 Å². The van der Waals surface area contributed by atoms with E-state index in [0.29, 0.717) is 6.54 Å². The monoisotopic (exact) mass is 381 g/mol. The van der Waals surface area contributed by atoms with Gasteiger partial charge in [-0.3, -0.25) is 0 Å². The normalized spacial score (nSPS) is 11.1. The van der Waals surface area contributed by atoms with Gasteiger partial charge in [0.25, 0.3) is 0 Å². The van der Waals surface area contributed by atoms with Gasteiger partial charge in [-0.25, -0.2) is 4.39 Å². The Bertz CT molecular complexity index is 729. The minimum Gasteiger partial charge on any atom is -0.343 e. The fraction of sp³-hybridized carbons (Fsp3) is 0.0667. The van der Waals surface area contributed by atoms with Gasteiger partial charge in [0.15, 0.2) is 0 Å². The molecule has 96 valence electrons. The summed E-state index contributed by atoms with van der Waals surface area (Å²) in [5.41, 5.74) is 2.07. The van der Waals surface area contributed by atoms with Crippen molar-refractivity contribution in [3.63, 3.8) is 0 Å². The highest BCUT2D eigenvalue weighted by molar-refractivity contribution is 9.10. The van der Waals surface area contributed by atoms with Gasteiger partial charge in [0, 0.05) is 27.2 Å². The van der Waals surface area contributed by atoms with E-state index in [1.807, 2.05) is 18.3 Å². The highest BCUT2D eigenvalue weighted by Gasteiger charge is 2.04. The van der Waals surface area contributed by atoms with Crippen molar-refractivity contribution in [1.82, 2.24) is 4.57 Å². The van der Waals surface area contributed by atoms with Gasteiger partial charge in [-0.2, -0.15) is 0 Å². The van der Waals surface area contributed by atoms with Crippen LogP contribution in [-0.4, -0.2) is 4.57 Å². The van der Waals surface area contributed by atoms with E-state index in [0.717, 1.165) is 20.0 Å². The smallest absolute Gasteiger partial charge is 0.124 e. The molecule has 0 fully saturated rings. The van der Waals surface area contributed by atoms with Crippen molar-refractivity contribution in [2.75, 3.05) is 0 Å². The first kappa shape index (κ1) is 12.9. The standard InChI is InChI=1S/C15H10Br2FN/c16-12-2-1-11-3-4-19(15(11)8-12)9-10-5-13(17)7-14(18)6-10/h1-8H,9H2. The summed E-state index contributed by atoms with van der Waals surface area (Å²) in [5, 5.41) is 1.18. The zero-order valence-electron chi connectivity index (χ0n) is 9.91. The fourth-order valence-corrected chi connectivity index (χ4v) is 3.06. The lowest BCUT2D eigenvalue weighted by Crippen LogP contribution is -1.98. The van der Waals surface area contributed by atoms with Crippen molar-refractivity contribution < 1.29 is 4.39 Å². The van der Waals surface area contributed by atoms with Crippen LogP contribution in [0.3, 0.4) is 0 Å². The number of hydrogen-bond donors (Lipinski definition) is 0. The Kier molecular flexibility index (Phi) is 3.46. The molecule has 0 aliphatic rings. The van der Waals surface area contributed by atoms with E-state index in [4.69, 9.17) is 0 Å². The average molecular weight is 383 g/mol. The predicted octanol–water partition coefficient (Wildman–Crippen LogP) is 5.35. The number of fused-ring (bicyclic) bond motifs is 1. The molecule has 0 spiro atoms. The molecule has 1 aromatic heterocycles. The van der Waals surface area contributed by atoms with Crippen molar-refractivity contribution >= 4 is 42.8 Å². The first-order valence-electron chi connectivity index (χ1n) is 5.81. The maximum atomic E-state index is 13.4. The summed E-state index contributed by atoms with van der Waals surface area (Å²) in [4.78, 5) is 0. The third-order valence-electron chi connectivity index (χ3n) is 3.01. The summed E-state index contributed by atoms with van der Waals surface area (Å²) >= 11 is 6.80. The fourth-order valence-electron chi connectivity index (χ4n) is 2.19. The summed E-state index contributed by atoms with van der Waals surface area (Å²) < 4.78 is 17.3. The lowest BCUT2D eigenvalue weighted by atomic mass is 10.2. The molecule has 0 N–H and O–H groups in total. The molecule has 0 radical (unpaired) electrons. The summed E-state index contributed by atoms with van der Waals surface area (Å²) in [6, 6.07) is 13.2. The zero-order chi connectivity index (χ0) is 13.4. The molecule has 3 rings (SSSR count). The van der Waals surface area contributed by atoms with Crippen LogP contribution < -0.4 is 0 Å². The summed E-state index contributed by atoms with van der Waals surface area (Å²) in [7, 11) is 0. The second-order valence-corrected chi connectivity index (χ2v) is 6.26. The summed E-state index contributed by atoms with van der Waals surface area (Å²) in [6.07, 6.45) is 2.02. The van der Waals surface area contributed by atoms with Gasteiger partial charge >= 0.3 is 0 Å². The largest absolute Gasteiger partial charge is 0.343 e. The molecule has 2 aromatic carbocycles. The van der Waals surface area contributed by atoms with Crippen molar-refractivity contribution in [3.05, 3.63) is 69.0 Å². The molecule has 0 aliphatic heterocycles. The summed E-state index contributed by atoms with van der Waals surface area (Å²) in [6.45, 7) is 0.649. The van der Waals surface area contributed by atoms with Crippen LogP contribution in [0.2, 0.25) is 0 Å². The predicted molar refractivity (Wildman–Crippen MR) is 82.8 cm³/mol. The topological polar surface area (TPSA) is 4.93 Å². The quantitative estimate of drug-likeness (QED) is 0.562. The Morgan fingerprint density at radius 3 is 2.58 bits per heavy atom. The minimum atomic E-state index is -0.220. The van der Waals surface area contributed by atoms with Gasteiger partial charge < -0.3 is 4.57 Å². The molecule has 0 unspecified atom stereocenters. The number of aromatic nitrogens is 1. The molecule has 1 nitrogen and oxygen atoms in total. The summed E-state index contributed by atoms with van der Waals surface area (Å²) in [5.74, 6) is -0.220. The molecular formula is C15H10Br2FN. The second kappa shape index (κ2) is 5.10. The Balaban J connectivity index is 2.03. The number of hydrogen-bond acceptors (Lipinski definition) is 0. The van der Waals surface area contributed by atoms with E-state index in [-0.39, 0.29) is 5.82 Å². The second-order valence-electron chi connectivity index (χ2n) is 4.42. The van der Waals surface area contributed by atoms with Gasteiger partial charge in [0.2, 0.25) is 0 Å². The van der Waals surface area contributed by atoms with Crippen LogP contribution in [0.25, 0.3) is 10.9 Å². The van der Waals surface area contributed by atoms with Crippen molar-refractivity contribution in [1.29, 1.82) is 0 Å². The van der Waals surface area contributed by atoms with Crippen molar-refractivity contribution in [3.8, 4) is 0 Å². The number of halogens is 3. The third kappa shape index (κ3) is 2.74. The maximum Gasteiger partial charge on any atom is 0.124 e. The number of nitrogens with zero attached hydrogens (tertiary/aromatic N) is 1. The molecule has 0 aliphatic carbocycles. The van der Waals surface area contributed by atoms with Gasteiger partial charge in [0.1, 0.15) is 5.82 Å². The van der Waals surface area contributed by atoms with Crippen LogP contribution in [0.5, 0.6) is 0 Å². The Morgan fingerprint density at radius 1 is 0.947 bits per heavy atom. The Labute approximate surface area is 127 Å². The van der Waals surface area contributed by atoms with Crippen LogP contribution in [0.1, 0.15) is 5.56 Å². The lowest BCUT2D eigenvalue weighted by molar-refractivity contribution is 0.623. The first-order chi connectivity index (χ1) is 9.11. The number of benzene rings is 2. The Hall–Kier alpha value is -1.13. The molecule has 1 heterocycles. The van der Waals surface area contributed by atoms with E-state index in [1.54, 1.807) is 6.07 Å². The first-order valence-corrected chi connectivity index (χ1v) is 7.40. The lowest BCUT2D eigenvalue weighted by Gasteiger charge is -2.07. The molecule has 0 atom stereocenters. The minimum absolute atomic E-state index is 0.220. The van der Waals surface area contributed by atoms with Crippen LogP contribution in [0.15, 0.2) is 57.6 Å². The molecule has 0 bridgehead atoms. The van der Waals surface area contributed by atoms with Gasteiger partial charge in [-0.15, -0.1) is 0 Å². The molecular weight excluding hydrogens is 373 g/mol. The van der Waals surface area contributed by atoms with E-state index < -0.39 is 0 Å². The SMILES string of the molecule is Fc1cc(Br)cc(Cn2ccc3ccc(Br)cc32)c1. The zero-order valence-corrected chi connectivity index (χ0v) is 13.1. The van der Waals surface area contributed by atoms with Crippen LogP contribution >= 0.6 is 31.9 Å². The van der Waals surface area contributed by atoms with E-state index in [2.05, 4.69) is 54.6 Å². The number of rotatable bonds is 2. The van der Waals surface area contributed by atoms with Crippen LogP contribution in [-0.2, 0) is 6.54 Å². The third-order valence-corrected chi connectivity index (χ3v) is 3.96. The average Bonchev–Trinajstić information content (AvgIpc) is 2.70. The highest BCUT2D eigenvalue weighted by atomic mass is 79.9. The van der Waals surface area contributed by atoms with Crippen molar-refractivity contribution in [2.45, 2.75) is 6.54 Å². The van der Waals surface area contributed by atoms with Gasteiger partial charge in [-0.1, -0.05) is 37.9 Å². The molecule has 0 amide bonds. The van der Waals surface area contributed by atoms with E-state index >= 15 is 0 Å². The van der Waals surface area contributed by atoms with Gasteiger partial charge in [-0.05, 0) is 47.3 Å². The van der Waals surface area contributed by atoms with E-state index in [1.165, 1.54) is 11.5 Å². The van der Waals surface area contributed by atoms with Crippen LogP contribution in [0, 0.1) is 5.82 Å². The van der Waals surface area contributed by atoms with Gasteiger partial charge in [0.05, 0.1) is 0 Å². The molecule has 4 heteroatoms. The molecule has 19 heavy (non-hydrogen) atoms. The molecule has 3 aromatic rings. The Morgan fingerprint density at radius 2 is 1.79 bits per heavy atom. The molecule has 0 saturated carbocycles. The molecule has 0 saturated heterocycles. The highest BCUT2D eigenvalue weighted by Crippen LogP contribution is 2.23. The van der Waals surface area contributed by atoms with Crippen molar-refractivity contribution in [2.24, 2.45) is 0 Å². The van der Waals surface area contributed by atoms with Crippen LogP contribution in [0.4, 0.5) is 4.39 Å². The maximum absolute atomic E-state index is 13.4.